The van der Waals surface area contributed by atoms with Crippen molar-refractivity contribution in [1.82, 2.24) is 4.90 Å². The average Bonchev–Trinajstić information content (AvgIpc) is 2.63. The lowest BCUT2D eigenvalue weighted by Gasteiger charge is -2.41. The molecule has 3 rings (SSSR count). The number of hydrogen-bond acceptors (Lipinski definition) is 5. The highest BCUT2D eigenvalue weighted by molar-refractivity contribution is 5.63. The summed E-state index contributed by atoms with van der Waals surface area (Å²) in [6, 6.07) is 6.31. The van der Waals surface area contributed by atoms with E-state index in [1.807, 2.05) is 13.0 Å². The second-order valence-corrected chi connectivity index (χ2v) is 7.86. The predicted molar refractivity (Wildman–Crippen MR) is 104 cm³/mol. The van der Waals surface area contributed by atoms with Crippen LogP contribution in [-0.4, -0.2) is 48.7 Å². The summed E-state index contributed by atoms with van der Waals surface area (Å²) in [4.78, 5) is 13.6. The summed E-state index contributed by atoms with van der Waals surface area (Å²) in [5.74, 6) is 0.734. The highest BCUT2D eigenvalue weighted by atomic mass is 16.6. The number of benzene rings is 1. The second kappa shape index (κ2) is 8.82. The summed E-state index contributed by atoms with van der Waals surface area (Å²) in [5, 5.41) is 14.7. The molecule has 1 aromatic carbocycles. The first-order chi connectivity index (χ1) is 12.6. The molecule has 6 nitrogen and oxygen atoms in total. The SMILES string of the molecule is COC[C@H]1CC[C@H](N2CCC(Nc3cc(C)ccc3[N+](=O)[O-])CC2)CC1. The molecule has 1 aromatic rings. The molecular weight excluding hydrogens is 330 g/mol. The topological polar surface area (TPSA) is 67.6 Å². The Bertz CT molecular complexity index is 606. The molecule has 1 saturated heterocycles. The van der Waals surface area contributed by atoms with Crippen LogP contribution in [0.4, 0.5) is 11.4 Å². The maximum absolute atomic E-state index is 11.3. The van der Waals surface area contributed by atoms with Gasteiger partial charge in [0, 0.05) is 45.0 Å². The van der Waals surface area contributed by atoms with Crippen molar-refractivity contribution in [2.24, 2.45) is 5.92 Å². The van der Waals surface area contributed by atoms with Crippen molar-refractivity contribution in [3.8, 4) is 0 Å². The zero-order chi connectivity index (χ0) is 18.5. The number of hydrogen-bond donors (Lipinski definition) is 1. The van der Waals surface area contributed by atoms with Gasteiger partial charge in [-0.25, -0.2) is 0 Å². The summed E-state index contributed by atoms with van der Waals surface area (Å²) < 4.78 is 5.30. The van der Waals surface area contributed by atoms with Gasteiger partial charge in [0.1, 0.15) is 5.69 Å². The van der Waals surface area contributed by atoms with Gasteiger partial charge in [0.05, 0.1) is 4.92 Å². The molecule has 1 heterocycles. The number of nitrogens with zero attached hydrogens (tertiary/aromatic N) is 2. The van der Waals surface area contributed by atoms with E-state index in [2.05, 4.69) is 10.2 Å². The number of rotatable bonds is 6. The van der Waals surface area contributed by atoms with Crippen molar-refractivity contribution >= 4 is 11.4 Å². The van der Waals surface area contributed by atoms with Crippen LogP contribution in [0, 0.1) is 23.0 Å². The first-order valence-electron chi connectivity index (χ1n) is 9.81. The lowest BCUT2D eigenvalue weighted by atomic mass is 9.85. The Hall–Kier alpha value is -1.66. The quantitative estimate of drug-likeness (QED) is 0.613. The Balaban J connectivity index is 1.50. The molecule has 1 aliphatic carbocycles. The molecule has 0 radical (unpaired) electrons. The maximum Gasteiger partial charge on any atom is 0.292 e. The van der Waals surface area contributed by atoms with E-state index in [1.54, 1.807) is 19.2 Å². The summed E-state index contributed by atoms with van der Waals surface area (Å²) in [7, 11) is 1.79. The van der Waals surface area contributed by atoms with E-state index in [-0.39, 0.29) is 10.6 Å². The van der Waals surface area contributed by atoms with Crippen molar-refractivity contribution in [3.63, 3.8) is 0 Å². The Kier molecular flexibility index (Phi) is 6.48. The number of nitrogens with one attached hydrogen (secondary N) is 1. The fourth-order valence-electron chi connectivity index (χ4n) is 4.47. The van der Waals surface area contributed by atoms with Crippen molar-refractivity contribution < 1.29 is 9.66 Å². The molecule has 0 amide bonds. The van der Waals surface area contributed by atoms with Crippen LogP contribution in [-0.2, 0) is 4.74 Å². The fraction of sp³-hybridized carbons (Fsp3) is 0.700. The zero-order valence-electron chi connectivity index (χ0n) is 15.9. The van der Waals surface area contributed by atoms with Gasteiger partial charge in [0.15, 0.2) is 0 Å². The van der Waals surface area contributed by atoms with Crippen LogP contribution in [0.25, 0.3) is 0 Å². The van der Waals surface area contributed by atoms with Crippen LogP contribution >= 0.6 is 0 Å². The number of aryl methyl sites for hydroxylation is 1. The minimum Gasteiger partial charge on any atom is -0.384 e. The summed E-state index contributed by atoms with van der Waals surface area (Å²) in [6.45, 7) is 5.03. The minimum absolute atomic E-state index is 0.175. The first kappa shape index (κ1) is 19.1. The number of nitro groups is 1. The lowest BCUT2D eigenvalue weighted by molar-refractivity contribution is -0.384. The second-order valence-electron chi connectivity index (χ2n) is 7.86. The molecule has 1 saturated carbocycles. The molecule has 1 N–H and O–H groups in total. The van der Waals surface area contributed by atoms with E-state index in [9.17, 15) is 10.1 Å². The third kappa shape index (κ3) is 4.74. The van der Waals surface area contributed by atoms with E-state index in [1.165, 1.54) is 25.7 Å². The molecule has 0 unspecified atom stereocenters. The normalized spacial score (nSPS) is 25.2. The molecule has 0 spiro atoms. The molecule has 1 aliphatic heterocycles. The van der Waals surface area contributed by atoms with Crippen LogP contribution in [0.2, 0.25) is 0 Å². The average molecular weight is 361 g/mol. The minimum atomic E-state index is -0.296. The molecule has 144 valence electrons. The molecule has 2 fully saturated rings. The summed E-state index contributed by atoms with van der Waals surface area (Å²) >= 11 is 0. The van der Waals surface area contributed by atoms with E-state index >= 15 is 0 Å². The van der Waals surface area contributed by atoms with E-state index in [0.717, 1.165) is 44.0 Å². The number of likely N-dealkylation sites (tertiary alicyclic amines) is 1. The van der Waals surface area contributed by atoms with Gasteiger partial charge in [-0.05, 0) is 63.0 Å². The lowest BCUT2D eigenvalue weighted by Crippen LogP contribution is -2.46. The van der Waals surface area contributed by atoms with Crippen molar-refractivity contribution in [2.75, 3.05) is 32.1 Å². The zero-order valence-corrected chi connectivity index (χ0v) is 15.9. The summed E-state index contributed by atoms with van der Waals surface area (Å²) in [5.41, 5.74) is 1.88. The fourth-order valence-corrected chi connectivity index (χ4v) is 4.47. The van der Waals surface area contributed by atoms with E-state index in [0.29, 0.717) is 17.8 Å². The van der Waals surface area contributed by atoms with Crippen LogP contribution in [0.3, 0.4) is 0 Å². The van der Waals surface area contributed by atoms with Crippen LogP contribution in [0.15, 0.2) is 18.2 Å². The van der Waals surface area contributed by atoms with Gasteiger partial charge in [-0.2, -0.15) is 0 Å². The number of methoxy groups -OCH3 is 1. The Morgan fingerprint density at radius 3 is 2.50 bits per heavy atom. The number of nitro benzene ring substituents is 1. The molecule has 0 bridgehead atoms. The van der Waals surface area contributed by atoms with Crippen molar-refractivity contribution in [3.05, 3.63) is 33.9 Å². The molecule has 6 heteroatoms. The Morgan fingerprint density at radius 2 is 1.88 bits per heavy atom. The van der Waals surface area contributed by atoms with Crippen LogP contribution < -0.4 is 5.32 Å². The largest absolute Gasteiger partial charge is 0.384 e. The number of anilines is 1. The van der Waals surface area contributed by atoms with Gasteiger partial charge in [-0.15, -0.1) is 0 Å². The standard InChI is InChI=1S/C20H31N3O3/c1-15-3-8-20(23(24)25)19(13-15)21-17-9-11-22(12-10-17)18-6-4-16(5-7-18)14-26-2/h3,8,13,16-18,21H,4-7,9-12,14H2,1-2H3/t16-,18-. The number of ether oxygens (including phenoxy) is 1. The maximum atomic E-state index is 11.3. The molecule has 0 aromatic heterocycles. The van der Waals surface area contributed by atoms with Gasteiger partial charge >= 0.3 is 0 Å². The monoisotopic (exact) mass is 361 g/mol. The van der Waals surface area contributed by atoms with Crippen LogP contribution in [0.5, 0.6) is 0 Å². The van der Waals surface area contributed by atoms with Crippen molar-refractivity contribution in [1.29, 1.82) is 0 Å². The van der Waals surface area contributed by atoms with Gasteiger partial charge in [-0.3, -0.25) is 10.1 Å². The van der Waals surface area contributed by atoms with E-state index < -0.39 is 0 Å². The van der Waals surface area contributed by atoms with Crippen LogP contribution in [0.1, 0.15) is 44.1 Å². The Labute approximate surface area is 156 Å². The number of piperidine rings is 1. The highest BCUT2D eigenvalue weighted by Gasteiger charge is 2.29. The predicted octanol–water partition coefficient (Wildman–Crippen LogP) is 3.98. The van der Waals surface area contributed by atoms with Crippen molar-refractivity contribution in [2.45, 2.75) is 57.5 Å². The Morgan fingerprint density at radius 1 is 1.19 bits per heavy atom. The van der Waals surface area contributed by atoms with Gasteiger partial charge in [-0.1, -0.05) is 6.07 Å². The van der Waals surface area contributed by atoms with E-state index in [4.69, 9.17) is 4.74 Å². The third-order valence-corrected chi connectivity index (χ3v) is 5.97. The molecule has 26 heavy (non-hydrogen) atoms. The summed E-state index contributed by atoms with van der Waals surface area (Å²) in [6.07, 6.45) is 7.18. The van der Waals surface area contributed by atoms with Gasteiger partial charge in [0.25, 0.3) is 5.69 Å². The molecule has 0 atom stereocenters. The first-order valence-corrected chi connectivity index (χ1v) is 9.81. The van der Waals surface area contributed by atoms with Gasteiger partial charge in [0.2, 0.25) is 0 Å². The smallest absolute Gasteiger partial charge is 0.292 e. The molecular formula is C20H31N3O3. The highest BCUT2D eigenvalue weighted by Crippen LogP contribution is 2.31. The third-order valence-electron chi connectivity index (χ3n) is 5.97. The van der Waals surface area contributed by atoms with Gasteiger partial charge < -0.3 is 15.0 Å². The molecule has 2 aliphatic rings.